The van der Waals surface area contributed by atoms with Crippen LogP contribution in [-0.4, -0.2) is 52.6 Å². The zero-order valence-corrected chi connectivity index (χ0v) is 13.5. The van der Waals surface area contributed by atoms with Crippen LogP contribution in [0.3, 0.4) is 0 Å². The lowest BCUT2D eigenvalue weighted by molar-refractivity contribution is 0.177. The second-order valence-electron chi connectivity index (χ2n) is 5.34. The maximum absolute atomic E-state index is 12.7. The summed E-state index contributed by atoms with van der Waals surface area (Å²) < 4.78 is 32.0. The van der Waals surface area contributed by atoms with E-state index in [1.165, 1.54) is 0 Å². The average molecular weight is 312 g/mol. The van der Waals surface area contributed by atoms with Crippen LogP contribution in [0.15, 0.2) is 29.2 Å². The molecule has 1 N–H and O–H groups in total. The first-order valence-electron chi connectivity index (χ1n) is 7.34. The molecule has 1 aliphatic rings. The van der Waals surface area contributed by atoms with Crippen LogP contribution in [0.5, 0.6) is 0 Å². The Labute approximate surface area is 127 Å². The van der Waals surface area contributed by atoms with Gasteiger partial charge in [0.2, 0.25) is 10.0 Å². The Bertz CT molecular complexity index is 539. The minimum Gasteiger partial charge on any atom is -0.383 e. The molecule has 1 aromatic rings. The van der Waals surface area contributed by atoms with Gasteiger partial charge in [0.25, 0.3) is 0 Å². The van der Waals surface area contributed by atoms with Crippen molar-refractivity contribution < 1.29 is 13.2 Å². The number of rotatable bonds is 9. The van der Waals surface area contributed by atoms with Gasteiger partial charge in [-0.2, -0.15) is 4.31 Å². The highest BCUT2D eigenvalue weighted by Crippen LogP contribution is 2.31. The van der Waals surface area contributed by atoms with Crippen LogP contribution in [0, 0.1) is 0 Å². The molecule has 0 unspecified atom stereocenters. The predicted molar refractivity (Wildman–Crippen MR) is 82.9 cm³/mol. The molecule has 0 atom stereocenters. The highest BCUT2D eigenvalue weighted by molar-refractivity contribution is 7.89. The fourth-order valence-corrected chi connectivity index (χ4v) is 3.94. The quantitative estimate of drug-likeness (QED) is 0.745. The van der Waals surface area contributed by atoms with Gasteiger partial charge in [-0.25, -0.2) is 8.42 Å². The molecule has 0 aliphatic heterocycles. The lowest BCUT2D eigenvalue weighted by Gasteiger charge is -2.21. The molecule has 0 heterocycles. The highest BCUT2D eigenvalue weighted by Gasteiger charge is 2.37. The number of sulfonamides is 1. The molecule has 1 fully saturated rings. The van der Waals surface area contributed by atoms with Crippen LogP contribution < -0.4 is 5.32 Å². The van der Waals surface area contributed by atoms with Crippen molar-refractivity contribution in [2.45, 2.75) is 30.2 Å². The molecular formula is C15H24N2O3S. The topological polar surface area (TPSA) is 58.6 Å². The van der Waals surface area contributed by atoms with E-state index in [1.54, 1.807) is 23.5 Å². The Hall–Kier alpha value is -0.950. The van der Waals surface area contributed by atoms with Crippen molar-refractivity contribution in [3.05, 3.63) is 29.8 Å². The molecule has 0 amide bonds. The van der Waals surface area contributed by atoms with Gasteiger partial charge in [-0.1, -0.05) is 12.1 Å². The lowest BCUT2D eigenvalue weighted by Crippen LogP contribution is -2.35. The summed E-state index contributed by atoms with van der Waals surface area (Å²) in [7, 11) is 0.0868. The summed E-state index contributed by atoms with van der Waals surface area (Å²) in [6, 6.07) is 7.36. The van der Waals surface area contributed by atoms with Crippen molar-refractivity contribution in [2.75, 3.05) is 33.9 Å². The van der Waals surface area contributed by atoms with Crippen molar-refractivity contribution in [3.8, 4) is 0 Å². The third-order valence-corrected chi connectivity index (χ3v) is 5.63. The van der Waals surface area contributed by atoms with Crippen molar-refractivity contribution >= 4 is 10.0 Å². The summed E-state index contributed by atoms with van der Waals surface area (Å²) in [6.45, 7) is 1.73. The van der Waals surface area contributed by atoms with E-state index in [-0.39, 0.29) is 6.04 Å². The standard InChI is InChI=1S/C15H24N2O3S/c1-16-10-9-13-3-7-15(8-4-13)21(18,19)17(11-12-20-2)14-5-6-14/h3-4,7-8,14,16H,5-6,9-12H2,1-2H3. The molecular weight excluding hydrogens is 288 g/mol. The monoisotopic (exact) mass is 312 g/mol. The summed E-state index contributed by atoms with van der Waals surface area (Å²) in [6.07, 6.45) is 2.79. The fraction of sp³-hybridized carbons (Fsp3) is 0.600. The summed E-state index contributed by atoms with van der Waals surface area (Å²) >= 11 is 0. The third kappa shape index (κ3) is 4.26. The number of hydrogen-bond donors (Lipinski definition) is 1. The van der Waals surface area contributed by atoms with Crippen LogP contribution in [0.25, 0.3) is 0 Å². The van der Waals surface area contributed by atoms with Gasteiger partial charge >= 0.3 is 0 Å². The van der Waals surface area contributed by atoms with E-state index >= 15 is 0 Å². The molecule has 118 valence electrons. The van der Waals surface area contributed by atoms with Gasteiger partial charge in [0, 0.05) is 19.7 Å². The highest BCUT2D eigenvalue weighted by atomic mass is 32.2. The van der Waals surface area contributed by atoms with Crippen molar-refractivity contribution in [2.24, 2.45) is 0 Å². The molecule has 1 aliphatic carbocycles. The second-order valence-corrected chi connectivity index (χ2v) is 7.23. The minimum absolute atomic E-state index is 0.147. The van der Waals surface area contributed by atoms with E-state index in [0.717, 1.165) is 31.4 Å². The van der Waals surface area contributed by atoms with Gasteiger partial charge in [-0.15, -0.1) is 0 Å². The molecule has 1 saturated carbocycles. The first kappa shape index (κ1) is 16.4. The Morgan fingerprint density at radius 3 is 2.48 bits per heavy atom. The predicted octanol–water partition coefficient (Wildman–Crippen LogP) is 1.25. The lowest BCUT2D eigenvalue weighted by atomic mass is 10.1. The summed E-state index contributed by atoms with van der Waals surface area (Å²) in [5.41, 5.74) is 1.14. The smallest absolute Gasteiger partial charge is 0.243 e. The Morgan fingerprint density at radius 1 is 1.29 bits per heavy atom. The molecule has 1 aromatic carbocycles. The molecule has 5 nitrogen and oxygen atoms in total. The average Bonchev–Trinajstić information content (AvgIpc) is 3.30. The van der Waals surface area contributed by atoms with Crippen LogP contribution in [0.1, 0.15) is 18.4 Å². The van der Waals surface area contributed by atoms with Gasteiger partial charge in [0.1, 0.15) is 0 Å². The number of likely N-dealkylation sites (N-methyl/N-ethyl adjacent to an activating group) is 1. The van der Waals surface area contributed by atoms with Gasteiger partial charge < -0.3 is 10.1 Å². The number of benzene rings is 1. The number of ether oxygens (including phenoxy) is 1. The van der Waals surface area contributed by atoms with Crippen molar-refractivity contribution in [3.63, 3.8) is 0 Å². The van der Waals surface area contributed by atoms with Gasteiger partial charge in [-0.3, -0.25) is 0 Å². The molecule has 0 spiro atoms. The maximum Gasteiger partial charge on any atom is 0.243 e. The van der Waals surface area contributed by atoms with E-state index in [4.69, 9.17) is 4.74 Å². The number of nitrogens with one attached hydrogen (secondary N) is 1. The Balaban J connectivity index is 2.13. The molecule has 0 bridgehead atoms. The number of methoxy groups -OCH3 is 1. The second kappa shape index (κ2) is 7.35. The largest absolute Gasteiger partial charge is 0.383 e. The van der Waals surface area contributed by atoms with E-state index in [1.807, 2.05) is 19.2 Å². The van der Waals surface area contributed by atoms with Gasteiger partial charge in [0.15, 0.2) is 0 Å². The van der Waals surface area contributed by atoms with E-state index in [2.05, 4.69) is 5.32 Å². The van der Waals surface area contributed by atoms with E-state index in [9.17, 15) is 8.42 Å². The first-order valence-corrected chi connectivity index (χ1v) is 8.78. The van der Waals surface area contributed by atoms with E-state index < -0.39 is 10.0 Å². The number of hydrogen-bond acceptors (Lipinski definition) is 4. The van der Waals surface area contributed by atoms with Crippen LogP contribution >= 0.6 is 0 Å². The zero-order valence-electron chi connectivity index (χ0n) is 12.7. The molecule has 0 saturated heterocycles. The summed E-state index contributed by atoms with van der Waals surface area (Å²) in [5, 5.41) is 3.09. The molecule has 2 rings (SSSR count). The molecule has 0 radical (unpaired) electrons. The van der Waals surface area contributed by atoms with Crippen LogP contribution in [-0.2, 0) is 21.2 Å². The van der Waals surface area contributed by atoms with E-state index in [0.29, 0.717) is 18.0 Å². The molecule has 6 heteroatoms. The molecule has 0 aromatic heterocycles. The molecule has 21 heavy (non-hydrogen) atoms. The first-order chi connectivity index (χ1) is 10.1. The van der Waals surface area contributed by atoms with Crippen LogP contribution in [0.4, 0.5) is 0 Å². The summed E-state index contributed by atoms with van der Waals surface area (Å²) in [5.74, 6) is 0. The SMILES string of the molecule is CNCCc1ccc(S(=O)(=O)N(CCOC)C2CC2)cc1. The number of nitrogens with zero attached hydrogens (tertiary/aromatic N) is 1. The Morgan fingerprint density at radius 2 is 1.95 bits per heavy atom. The van der Waals surface area contributed by atoms with Crippen molar-refractivity contribution in [1.29, 1.82) is 0 Å². The summed E-state index contributed by atoms with van der Waals surface area (Å²) in [4.78, 5) is 0.374. The Kier molecular flexibility index (Phi) is 5.75. The van der Waals surface area contributed by atoms with Gasteiger partial charge in [0.05, 0.1) is 11.5 Å². The normalized spacial score (nSPS) is 15.6. The third-order valence-electron chi connectivity index (χ3n) is 3.66. The zero-order chi connectivity index (χ0) is 15.3. The minimum atomic E-state index is -3.41. The fourth-order valence-electron chi connectivity index (χ4n) is 2.28. The maximum atomic E-state index is 12.7. The van der Waals surface area contributed by atoms with Crippen LogP contribution in [0.2, 0.25) is 0 Å². The van der Waals surface area contributed by atoms with Gasteiger partial charge in [-0.05, 0) is 50.6 Å². The van der Waals surface area contributed by atoms with Crippen molar-refractivity contribution in [1.82, 2.24) is 9.62 Å².